The Labute approximate surface area is 242 Å². The molecule has 0 amide bonds. The Balaban J connectivity index is 1.29. The number of pyridine rings is 1. The number of hydrogen-bond acceptors (Lipinski definition) is 5. The van der Waals surface area contributed by atoms with Gasteiger partial charge in [-0.15, -0.1) is 0 Å². The number of carbonyl (C=O) groups is 1. The number of nitrogens with zero attached hydrogens (tertiary/aromatic N) is 4. The van der Waals surface area contributed by atoms with Crippen LogP contribution in [-0.2, 0) is 12.8 Å². The Kier molecular flexibility index (Phi) is 8.45. The Hall–Kier alpha value is -4.39. The summed E-state index contributed by atoms with van der Waals surface area (Å²) in [6.07, 6.45) is -7.26. The zero-order valence-electron chi connectivity index (χ0n) is 22.6. The third kappa shape index (κ3) is 7.16. The van der Waals surface area contributed by atoms with Crippen molar-refractivity contribution in [3.63, 3.8) is 0 Å². The maximum Gasteiger partial charge on any atom is 0.434 e. The molecule has 5 rings (SSSR count). The number of piperidine rings is 1. The van der Waals surface area contributed by atoms with Crippen molar-refractivity contribution in [1.82, 2.24) is 19.7 Å². The summed E-state index contributed by atoms with van der Waals surface area (Å²) in [5, 5.41) is 12.9. The Morgan fingerprint density at radius 3 is 2.28 bits per heavy atom. The highest BCUT2D eigenvalue weighted by Gasteiger charge is 2.41. The fourth-order valence-corrected chi connectivity index (χ4v) is 5.17. The molecule has 0 radical (unpaired) electrons. The molecular formula is C30H26F6N4O3. The zero-order chi connectivity index (χ0) is 30.8. The minimum atomic E-state index is -4.98. The van der Waals surface area contributed by atoms with E-state index >= 15 is 0 Å². The van der Waals surface area contributed by atoms with Crippen molar-refractivity contribution in [3.8, 4) is 22.8 Å². The second-order valence-corrected chi connectivity index (χ2v) is 10.2. The number of halogens is 6. The predicted molar refractivity (Wildman–Crippen MR) is 144 cm³/mol. The Morgan fingerprint density at radius 1 is 0.930 bits per heavy atom. The van der Waals surface area contributed by atoms with Crippen LogP contribution in [0.25, 0.3) is 17.1 Å². The molecule has 2 aromatic heterocycles. The topological polar surface area (TPSA) is 80.5 Å². The summed E-state index contributed by atoms with van der Waals surface area (Å²) in [7, 11) is 0. The number of ether oxygens (including phenoxy) is 1. The van der Waals surface area contributed by atoms with Gasteiger partial charge in [-0.05, 0) is 67.2 Å². The van der Waals surface area contributed by atoms with Crippen LogP contribution in [0.2, 0.25) is 0 Å². The summed E-state index contributed by atoms with van der Waals surface area (Å²) in [4.78, 5) is 17.1. The third-order valence-corrected chi connectivity index (χ3v) is 7.22. The van der Waals surface area contributed by atoms with Gasteiger partial charge in [0.05, 0.1) is 18.4 Å². The van der Waals surface area contributed by atoms with E-state index in [1.807, 2.05) is 24.3 Å². The summed E-state index contributed by atoms with van der Waals surface area (Å²) >= 11 is 0. The third-order valence-electron chi connectivity index (χ3n) is 7.22. The highest BCUT2D eigenvalue weighted by Crippen LogP contribution is 2.35. The van der Waals surface area contributed by atoms with Crippen molar-refractivity contribution < 1.29 is 41.0 Å². The van der Waals surface area contributed by atoms with E-state index < -0.39 is 36.1 Å². The normalized spacial score (nSPS) is 15.0. The summed E-state index contributed by atoms with van der Waals surface area (Å²) in [5.41, 5.74) is 0.277. The van der Waals surface area contributed by atoms with Crippen LogP contribution in [0.15, 0.2) is 72.9 Å². The molecule has 0 atom stereocenters. The van der Waals surface area contributed by atoms with Gasteiger partial charge in [0, 0.05) is 5.56 Å². The second-order valence-electron chi connectivity index (χ2n) is 10.2. The molecule has 13 heteroatoms. The maximum atomic E-state index is 13.7. The van der Waals surface area contributed by atoms with E-state index in [-0.39, 0.29) is 18.3 Å². The number of likely N-dealkylation sites (tertiary alicyclic amines) is 1. The summed E-state index contributed by atoms with van der Waals surface area (Å²) < 4.78 is 85.7. The molecule has 7 nitrogen and oxygen atoms in total. The van der Waals surface area contributed by atoms with Gasteiger partial charge in [-0.2, -0.15) is 31.4 Å². The van der Waals surface area contributed by atoms with Crippen LogP contribution in [0.4, 0.5) is 26.3 Å². The summed E-state index contributed by atoms with van der Waals surface area (Å²) in [6.45, 7) is 0.0700. The molecular weight excluding hydrogens is 578 g/mol. The number of carboxylic acid groups (broad SMARTS) is 1. The molecule has 226 valence electrons. The molecule has 1 N–H and O–H groups in total. The maximum absolute atomic E-state index is 13.7. The Bertz CT molecular complexity index is 1580. The van der Waals surface area contributed by atoms with E-state index in [1.54, 1.807) is 30.3 Å². The molecule has 2 aromatic carbocycles. The number of para-hydroxylation sites is 1. The molecule has 3 heterocycles. The fourth-order valence-electron chi connectivity index (χ4n) is 5.17. The van der Waals surface area contributed by atoms with Gasteiger partial charge in [-0.1, -0.05) is 42.5 Å². The molecule has 1 saturated heterocycles. The molecule has 0 spiro atoms. The van der Waals surface area contributed by atoms with Crippen molar-refractivity contribution in [3.05, 3.63) is 95.3 Å². The molecule has 0 unspecified atom stereocenters. The van der Waals surface area contributed by atoms with Crippen LogP contribution < -0.4 is 4.74 Å². The van der Waals surface area contributed by atoms with Crippen LogP contribution >= 0.6 is 0 Å². The lowest BCUT2D eigenvalue weighted by Gasteiger charge is -2.32. The van der Waals surface area contributed by atoms with E-state index in [0.29, 0.717) is 53.8 Å². The average molecular weight is 605 g/mol. The van der Waals surface area contributed by atoms with Gasteiger partial charge in [0.2, 0.25) is 0 Å². The standard InChI is InChI=1S/C30H26F6N4O3/c31-29(32,33)18-39-14-12-21(13-15-39)20-10-8-19(9-11-20)17-43-25-6-2-1-4-22(25)24-5-3-7-26(38-24)40-27(30(34,35)36)23(16-37-40)28(41)42/h1-11,16,21H,12-15,17-18H2,(H,41,42). The van der Waals surface area contributed by atoms with Gasteiger partial charge >= 0.3 is 18.3 Å². The van der Waals surface area contributed by atoms with Crippen molar-refractivity contribution in [2.75, 3.05) is 19.6 Å². The molecule has 0 bridgehead atoms. The summed E-state index contributed by atoms with van der Waals surface area (Å²) in [5.74, 6) is -1.37. The lowest BCUT2D eigenvalue weighted by Crippen LogP contribution is -2.39. The Morgan fingerprint density at radius 2 is 1.63 bits per heavy atom. The number of benzene rings is 2. The number of rotatable bonds is 8. The quantitative estimate of drug-likeness (QED) is 0.219. The number of carboxylic acids is 1. The van der Waals surface area contributed by atoms with Gasteiger partial charge in [-0.25, -0.2) is 14.5 Å². The highest BCUT2D eigenvalue weighted by atomic mass is 19.4. The van der Waals surface area contributed by atoms with Crippen molar-refractivity contribution in [2.45, 2.75) is 37.7 Å². The van der Waals surface area contributed by atoms with Crippen LogP contribution in [0.3, 0.4) is 0 Å². The van der Waals surface area contributed by atoms with Crippen LogP contribution in [0, 0.1) is 0 Å². The van der Waals surface area contributed by atoms with Crippen LogP contribution in [-0.4, -0.2) is 56.6 Å². The summed E-state index contributed by atoms with van der Waals surface area (Å²) in [6, 6.07) is 18.9. The zero-order valence-corrected chi connectivity index (χ0v) is 22.6. The fraction of sp³-hybridized carbons (Fsp3) is 0.300. The highest BCUT2D eigenvalue weighted by molar-refractivity contribution is 5.89. The van der Waals surface area contributed by atoms with E-state index in [2.05, 4.69) is 10.1 Å². The molecule has 1 aliphatic rings. The lowest BCUT2D eigenvalue weighted by atomic mass is 9.89. The number of aromatic carboxylic acids is 1. The molecule has 0 saturated carbocycles. The van der Waals surface area contributed by atoms with E-state index in [4.69, 9.17) is 4.74 Å². The van der Waals surface area contributed by atoms with Gasteiger partial charge in [0.25, 0.3) is 0 Å². The van der Waals surface area contributed by atoms with Crippen LogP contribution in [0.5, 0.6) is 5.75 Å². The molecule has 4 aromatic rings. The first-order valence-electron chi connectivity index (χ1n) is 13.3. The molecule has 1 aliphatic heterocycles. The largest absolute Gasteiger partial charge is 0.488 e. The minimum Gasteiger partial charge on any atom is -0.488 e. The molecule has 0 aliphatic carbocycles. The van der Waals surface area contributed by atoms with E-state index in [0.717, 1.165) is 11.1 Å². The van der Waals surface area contributed by atoms with Gasteiger partial charge in [0.15, 0.2) is 11.5 Å². The van der Waals surface area contributed by atoms with Crippen molar-refractivity contribution in [1.29, 1.82) is 0 Å². The molecule has 43 heavy (non-hydrogen) atoms. The number of hydrogen-bond donors (Lipinski definition) is 1. The average Bonchev–Trinajstić information content (AvgIpc) is 3.43. The van der Waals surface area contributed by atoms with Gasteiger partial charge in [-0.3, -0.25) is 4.90 Å². The second kappa shape index (κ2) is 12.1. The number of aromatic nitrogens is 3. The minimum absolute atomic E-state index is 0.178. The monoisotopic (exact) mass is 604 g/mol. The van der Waals surface area contributed by atoms with Crippen molar-refractivity contribution in [2.24, 2.45) is 0 Å². The first-order valence-corrected chi connectivity index (χ1v) is 13.3. The van der Waals surface area contributed by atoms with Crippen molar-refractivity contribution >= 4 is 5.97 Å². The first kappa shape index (κ1) is 30.1. The smallest absolute Gasteiger partial charge is 0.434 e. The number of alkyl halides is 6. The van der Waals surface area contributed by atoms with E-state index in [1.165, 1.54) is 17.0 Å². The van der Waals surface area contributed by atoms with Gasteiger partial charge in [0.1, 0.15) is 17.9 Å². The van der Waals surface area contributed by atoms with Crippen LogP contribution in [0.1, 0.15) is 45.9 Å². The molecule has 1 fully saturated rings. The SMILES string of the molecule is O=C(O)c1cnn(-c2cccc(-c3ccccc3OCc3ccc(C4CCN(CC(F)(F)F)CC4)cc3)n2)c1C(F)(F)F. The predicted octanol–water partition coefficient (Wildman–Crippen LogP) is 6.97. The van der Waals surface area contributed by atoms with E-state index in [9.17, 15) is 36.2 Å². The van der Waals surface area contributed by atoms with Gasteiger partial charge < -0.3 is 9.84 Å². The first-order chi connectivity index (χ1) is 20.4. The lowest BCUT2D eigenvalue weighted by molar-refractivity contribution is -0.148.